The van der Waals surface area contributed by atoms with Crippen molar-refractivity contribution in [2.24, 2.45) is 7.05 Å². The van der Waals surface area contributed by atoms with Crippen LogP contribution in [-0.2, 0) is 20.0 Å². The van der Waals surface area contributed by atoms with E-state index in [1.165, 1.54) is 12.3 Å². The number of nitrogens with one attached hydrogen (secondary N) is 1. The molecule has 0 radical (unpaired) electrons. The minimum absolute atomic E-state index is 0.0735. The van der Waals surface area contributed by atoms with E-state index in [4.69, 9.17) is 0 Å². The molecule has 7 nitrogen and oxygen atoms in total. The molecule has 0 bridgehead atoms. The highest BCUT2D eigenvalue weighted by atomic mass is 16.6. The van der Waals surface area contributed by atoms with Crippen LogP contribution >= 0.6 is 0 Å². The summed E-state index contributed by atoms with van der Waals surface area (Å²) in [6.07, 6.45) is 4.29. The molecule has 2 aromatic heterocycles. The molecule has 0 aromatic carbocycles. The highest BCUT2D eigenvalue weighted by Gasteiger charge is 2.12. The lowest BCUT2D eigenvalue weighted by Crippen LogP contribution is -2.04. The average Bonchev–Trinajstić information content (AvgIpc) is 2.77. The molecule has 20 heavy (non-hydrogen) atoms. The smallest absolute Gasteiger partial charge is 0.277 e. The Kier molecular flexibility index (Phi) is 3.97. The van der Waals surface area contributed by atoms with Gasteiger partial charge < -0.3 is 5.32 Å². The number of nitro groups is 1. The number of hydrogen-bond donors (Lipinski definition) is 1. The maximum Gasteiger partial charge on any atom is 0.277 e. The van der Waals surface area contributed by atoms with E-state index in [1.807, 2.05) is 20.2 Å². The van der Waals surface area contributed by atoms with Crippen molar-refractivity contribution in [3.63, 3.8) is 0 Å². The zero-order valence-electron chi connectivity index (χ0n) is 11.8. The maximum atomic E-state index is 10.9. The predicted molar refractivity (Wildman–Crippen MR) is 75.5 cm³/mol. The second kappa shape index (κ2) is 5.68. The number of pyridine rings is 1. The quantitative estimate of drug-likeness (QED) is 0.667. The molecular formula is C13H17N5O2. The second-order valence-electron chi connectivity index (χ2n) is 4.59. The monoisotopic (exact) mass is 275 g/mol. The molecule has 0 atom stereocenters. The van der Waals surface area contributed by atoms with Gasteiger partial charge in [-0.2, -0.15) is 5.10 Å². The first-order chi connectivity index (χ1) is 9.51. The van der Waals surface area contributed by atoms with Crippen LogP contribution in [0, 0.1) is 17.0 Å². The van der Waals surface area contributed by atoms with Gasteiger partial charge in [-0.3, -0.25) is 14.8 Å². The van der Waals surface area contributed by atoms with Crippen LogP contribution in [0.2, 0.25) is 0 Å². The van der Waals surface area contributed by atoms with E-state index < -0.39 is 4.92 Å². The number of rotatable bonds is 5. The Labute approximate surface area is 116 Å². The van der Waals surface area contributed by atoms with Crippen molar-refractivity contribution in [2.75, 3.05) is 5.32 Å². The van der Waals surface area contributed by atoms with Crippen LogP contribution < -0.4 is 5.32 Å². The third-order valence-corrected chi connectivity index (χ3v) is 3.06. The number of hydrogen-bond acceptors (Lipinski definition) is 5. The molecule has 7 heteroatoms. The van der Waals surface area contributed by atoms with E-state index in [2.05, 4.69) is 15.4 Å². The van der Waals surface area contributed by atoms with Gasteiger partial charge in [0.2, 0.25) is 0 Å². The maximum absolute atomic E-state index is 10.9. The van der Waals surface area contributed by atoms with Gasteiger partial charge in [-0.25, -0.2) is 4.98 Å². The molecule has 0 saturated carbocycles. The molecule has 0 spiro atoms. The SMILES string of the molecule is CCc1nn(C)cc1CNc1cc([N+](=O)[O-])c(C)cn1. The van der Waals surface area contributed by atoms with Crippen molar-refractivity contribution >= 4 is 11.5 Å². The van der Waals surface area contributed by atoms with E-state index in [9.17, 15) is 10.1 Å². The van der Waals surface area contributed by atoms with Gasteiger partial charge in [0.15, 0.2) is 0 Å². The molecule has 0 fully saturated rings. The van der Waals surface area contributed by atoms with Gasteiger partial charge in [0, 0.05) is 37.1 Å². The van der Waals surface area contributed by atoms with Crippen molar-refractivity contribution in [1.82, 2.24) is 14.8 Å². The van der Waals surface area contributed by atoms with E-state index in [0.29, 0.717) is 17.9 Å². The molecule has 0 amide bonds. The van der Waals surface area contributed by atoms with Crippen LogP contribution in [0.15, 0.2) is 18.5 Å². The normalized spacial score (nSPS) is 10.6. The second-order valence-corrected chi connectivity index (χ2v) is 4.59. The minimum atomic E-state index is -0.399. The summed E-state index contributed by atoms with van der Waals surface area (Å²) in [5, 5.41) is 18.3. The summed E-state index contributed by atoms with van der Waals surface area (Å²) in [4.78, 5) is 14.6. The first-order valence-corrected chi connectivity index (χ1v) is 6.37. The van der Waals surface area contributed by atoms with Crippen molar-refractivity contribution in [3.05, 3.63) is 45.4 Å². The van der Waals surface area contributed by atoms with Gasteiger partial charge in [-0.05, 0) is 13.3 Å². The van der Waals surface area contributed by atoms with Crippen molar-refractivity contribution in [1.29, 1.82) is 0 Å². The molecule has 0 aliphatic heterocycles. The summed E-state index contributed by atoms with van der Waals surface area (Å²) >= 11 is 0. The zero-order chi connectivity index (χ0) is 14.7. The molecule has 0 unspecified atom stereocenters. The van der Waals surface area contributed by atoms with E-state index in [0.717, 1.165) is 17.7 Å². The van der Waals surface area contributed by atoms with Crippen LogP contribution in [0.4, 0.5) is 11.5 Å². The fourth-order valence-corrected chi connectivity index (χ4v) is 2.02. The van der Waals surface area contributed by atoms with Gasteiger partial charge in [0.05, 0.1) is 16.7 Å². The lowest BCUT2D eigenvalue weighted by Gasteiger charge is -2.06. The number of anilines is 1. The Bertz CT molecular complexity index is 636. The zero-order valence-corrected chi connectivity index (χ0v) is 11.8. The topological polar surface area (TPSA) is 85.9 Å². The van der Waals surface area contributed by atoms with Crippen molar-refractivity contribution < 1.29 is 4.92 Å². The largest absolute Gasteiger partial charge is 0.366 e. The number of aromatic nitrogens is 3. The summed E-state index contributed by atoms with van der Waals surface area (Å²) in [5.41, 5.74) is 2.71. The lowest BCUT2D eigenvalue weighted by atomic mass is 10.2. The van der Waals surface area contributed by atoms with Crippen LogP contribution in [0.5, 0.6) is 0 Å². The van der Waals surface area contributed by atoms with Gasteiger partial charge in [-0.15, -0.1) is 0 Å². The van der Waals surface area contributed by atoms with Gasteiger partial charge in [-0.1, -0.05) is 6.92 Å². The molecule has 2 rings (SSSR count). The average molecular weight is 275 g/mol. The summed E-state index contributed by atoms with van der Waals surface area (Å²) in [6, 6.07) is 1.46. The summed E-state index contributed by atoms with van der Waals surface area (Å²) in [5.74, 6) is 0.494. The summed E-state index contributed by atoms with van der Waals surface area (Å²) < 4.78 is 1.76. The summed E-state index contributed by atoms with van der Waals surface area (Å²) in [6.45, 7) is 4.26. The standard InChI is InChI=1S/C13H17N5O2/c1-4-11-10(8-17(3)16-11)7-15-13-5-12(18(19)20)9(2)6-14-13/h5-6,8H,4,7H2,1-3H3,(H,14,15). The Balaban J connectivity index is 2.14. The van der Waals surface area contributed by atoms with E-state index in [1.54, 1.807) is 11.6 Å². The molecule has 1 N–H and O–H groups in total. The summed E-state index contributed by atoms with van der Waals surface area (Å²) in [7, 11) is 1.87. The third kappa shape index (κ3) is 2.93. The van der Waals surface area contributed by atoms with E-state index in [-0.39, 0.29) is 5.69 Å². The van der Waals surface area contributed by atoms with Crippen molar-refractivity contribution in [2.45, 2.75) is 26.8 Å². The lowest BCUT2D eigenvalue weighted by molar-refractivity contribution is -0.385. The van der Waals surface area contributed by atoms with Gasteiger partial charge in [0.25, 0.3) is 5.69 Å². The predicted octanol–water partition coefficient (Wildman–Crippen LogP) is 2.21. The fourth-order valence-electron chi connectivity index (χ4n) is 2.02. The number of aryl methyl sites for hydroxylation is 3. The van der Waals surface area contributed by atoms with Crippen LogP contribution in [0.1, 0.15) is 23.7 Å². The molecular weight excluding hydrogens is 258 g/mol. The van der Waals surface area contributed by atoms with E-state index >= 15 is 0 Å². The molecule has 0 aliphatic carbocycles. The van der Waals surface area contributed by atoms with Crippen LogP contribution in [0.3, 0.4) is 0 Å². The molecule has 0 saturated heterocycles. The Hall–Kier alpha value is -2.44. The molecule has 0 aliphatic rings. The highest BCUT2D eigenvalue weighted by Crippen LogP contribution is 2.20. The molecule has 2 aromatic rings. The van der Waals surface area contributed by atoms with Gasteiger partial charge >= 0.3 is 0 Å². The minimum Gasteiger partial charge on any atom is -0.366 e. The highest BCUT2D eigenvalue weighted by molar-refractivity contribution is 5.49. The molecule has 2 heterocycles. The third-order valence-electron chi connectivity index (χ3n) is 3.06. The van der Waals surface area contributed by atoms with Gasteiger partial charge in [0.1, 0.15) is 5.82 Å². The Morgan fingerprint density at radius 1 is 1.50 bits per heavy atom. The molecule has 106 valence electrons. The Morgan fingerprint density at radius 2 is 2.25 bits per heavy atom. The number of nitrogens with zero attached hydrogens (tertiary/aromatic N) is 4. The Morgan fingerprint density at radius 3 is 2.90 bits per heavy atom. The first-order valence-electron chi connectivity index (χ1n) is 6.37. The fraction of sp³-hybridized carbons (Fsp3) is 0.385. The van der Waals surface area contributed by atoms with Crippen LogP contribution in [0.25, 0.3) is 0 Å². The first kappa shape index (κ1) is 14.0. The van der Waals surface area contributed by atoms with Crippen molar-refractivity contribution in [3.8, 4) is 0 Å². The van der Waals surface area contributed by atoms with Crippen LogP contribution in [-0.4, -0.2) is 19.7 Å².